The van der Waals surface area contributed by atoms with Crippen molar-refractivity contribution in [3.8, 4) is 23.0 Å². The van der Waals surface area contributed by atoms with E-state index in [4.69, 9.17) is 32.9 Å². The number of hydrogen-bond donors (Lipinski definition) is 0. The summed E-state index contributed by atoms with van der Waals surface area (Å²) in [5.41, 5.74) is 2.23. The largest absolute Gasteiger partial charge is 0.543 e. The second-order valence-corrected chi connectivity index (χ2v) is 18.6. The van der Waals surface area contributed by atoms with Crippen molar-refractivity contribution in [1.29, 1.82) is 0 Å². The standard InChI is InChI=1S/C29H44N4O7SSi/c1-21(39-41(5,34)35)13-15-36-16-17-37-26-20-30-19-24(31-26)28-23-18-22(40-42(6,7)29(2,3)4)11-12-25(23)33(32-28)27-10-8-9-14-38-27/h11-12,18-21,27H,8-10,13-17H2,1-7H3/t21-,27?/m0/s1. The van der Waals surface area contributed by atoms with Gasteiger partial charge in [-0.15, -0.1) is 0 Å². The van der Waals surface area contributed by atoms with Gasteiger partial charge in [-0.25, -0.2) is 9.67 Å². The van der Waals surface area contributed by atoms with Gasteiger partial charge in [-0.1, -0.05) is 20.8 Å². The molecule has 1 aromatic carbocycles. The molecule has 0 amide bonds. The number of rotatable bonds is 13. The van der Waals surface area contributed by atoms with E-state index in [1.165, 1.54) is 0 Å². The number of benzene rings is 1. The Morgan fingerprint density at radius 2 is 1.93 bits per heavy atom. The normalized spacial score (nSPS) is 17.4. The first kappa shape index (κ1) is 32.3. The highest BCUT2D eigenvalue weighted by molar-refractivity contribution is 7.86. The fourth-order valence-electron chi connectivity index (χ4n) is 4.39. The van der Waals surface area contributed by atoms with E-state index in [9.17, 15) is 8.42 Å². The summed E-state index contributed by atoms with van der Waals surface area (Å²) in [6.45, 7) is 14.5. The van der Waals surface area contributed by atoms with E-state index in [-0.39, 0.29) is 17.9 Å². The lowest BCUT2D eigenvalue weighted by Gasteiger charge is -2.36. The monoisotopic (exact) mass is 620 g/mol. The van der Waals surface area contributed by atoms with Gasteiger partial charge in [0.1, 0.15) is 23.7 Å². The lowest BCUT2D eigenvalue weighted by molar-refractivity contribution is -0.0365. The zero-order valence-corrected chi connectivity index (χ0v) is 27.6. The highest BCUT2D eigenvalue weighted by Crippen LogP contribution is 2.39. The molecule has 42 heavy (non-hydrogen) atoms. The number of hydrogen-bond acceptors (Lipinski definition) is 10. The van der Waals surface area contributed by atoms with E-state index < -0.39 is 24.5 Å². The van der Waals surface area contributed by atoms with Gasteiger partial charge >= 0.3 is 0 Å². The number of ether oxygens (including phenoxy) is 3. The van der Waals surface area contributed by atoms with Crippen LogP contribution in [0, 0.1) is 0 Å². The fraction of sp³-hybridized carbons (Fsp3) is 0.621. The maximum atomic E-state index is 11.2. The highest BCUT2D eigenvalue weighted by atomic mass is 32.2. The predicted molar refractivity (Wildman–Crippen MR) is 164 cm³/mol. The lowest BCUT2D eigenvalue weighted by Crippen LogP contribution is -2.43. The minimum atomic E-state index is -3.48. The molecule has 1 fully saturated rings. The summed E-state index contributed by atoms with van der Waals surface area (Å²) in [4.78, 5) is 9.08. The van der Waals surface area contributed by atoms with Crippen LogP contribution < -0.4 is 9.16 Å². The first-order chi connectivity index (χ1) is 19.7. The molecule has 1 aliphatic rings. The Kier molecular flexibility index (Phi) is 10.3. The van der Waals surface area contributed by atoms with Crippen molar-refractivity contribution in [2.24, 2.45) is 0 Å². The molecule has 3 heterocycles. The average molecular weight is 621 g/mol. The van der Waals surface area contributed by atoms with Crippen molar-refractivity contribution in [3.63, 3.8) is 0 Å². The first-order valence-electron chi connectivity index (χ1n) is 14.5. The molecule has 0 aliphatic carbocycles. The Morgan fingerprint density at radius 3 is 2.62 bits per heavy atom. The maximum absolute atomic E-state index is 11.2. The molecule has 0 bridgehead atoms. The molecule has 0 spiro atoms. The van der Waals surface area contributed by atoms with Crippen LogP contribution in [-0.4, -0.2) is 75.3 Å². The predicted octanol–water partition coefficient (Wildman–Crippen LogP) is 5.73. The highest BCUT2D eigenvalue weighted by Gasteiger charge is 2.39. The Labute approximate surface area is 250 Å². The molecular formula is C29H44N4O7SSi. The molecule has 0 N–H and O–H groups in total. The van der Waals surface area contributed by atoms with Gasteiger partial charge in [-0.05, 0) is 68.9 Å². The molecule has 0 saturated carbocycles. The molecule has 4 rings (SSSR count). The van der Waals surface area contributed by atoms with Gasteiger partial charge in [0, 0.05) is 18.6 Å². The van der Waals surface area contributed by atoms with Crippen molar-refractivity contribution in [1.82, 2.24) is 19.7 Å². The maximum Gasteiger partial charge on any atom is 0.264 e. The van der Waals surface area contributed by atoms with Crippen LogP contribution in [0.2, 0.25) is 18.1 Å². The summed E-state index contributed by atoms with van der Waals surface area (Å²) >= 11 is 0. The van der Waals surface area contributed by atoms with Crippen LogP contribution in [0.5, 0.6) is 11.6 Å². The lowest BCUT2D eigenvalue weighted by atomic mass is 10.1. The van der Waals surface area contributed by atoms with E-state index in [2.05, 4.69) is 51.0 Å². The molecule has 2 atom stereocenters. The summed E-state index contributed by atoms with van der Waals surface area (Å²) in [5, 5.41) is 5.96. The molecule has 1 saturated heterocycles. The molecule has 13 heteroatoms. The van der Waals surface area contributed by atoms with Crippen LogP contribution in [-0.2, 0) is 23.8 Å². The Bertz CT molecular complexity index is 1450. The summed E-state index contributed by atoms with van der Waals surface area (Å²) in [6, 6.07) is 6.13. The minimum Gasteiger partial charge on any atom is -0.543 e. The minimum absolute atomic E-state index is 0.0634. The Hall–Kier alpha value is -2.58. The summed E-state index contributed by atoms with van der Waals surface area (Å²) < 4.78 is 53.4. The van der Waals surface area contributed by atoms with E-state index in [0.29, 0.717) is 43.5 Å². The zero-order valence-electron chi connectivity index (χ0n) is 25.8. The fourth-order valence-corrected chi connectivity index (χ4v) is 6.11. The third kappa shape index (κ3) is 8.50. The van der Waals surface area contributed by atoms with Gasteiger partial charge in [-0.3, -0.25) is 9.17 Å². The summed E-state index contributed by atoms with van der Waals surface area (Å²) in [6.07, 6.45) is 7.16. The molecule has 232 valence electrons. The van der Waals surface area contributed by atoms with Crippen LogP contribution in [0.4, 0.5) is 0 Å². The van der Waals surface area contributed by atoms with Crippen LogP contribution in [0.25, 0.3) is 22.3 Å². The molecule has 0 radical (unpaired) electrons. The summed E-state index contributed by atoms with van der Waals surface area (Å²) in [5.74, 6) is 1.17. The Morgan fingerprint density at radius 1 is 1.14 bits per heavy atom. The third-order valence-electron chi connectivity index (χ3n) is 7.63. The first-order valence-corrected chi connectivity index (χ1v) is 19.2. The van der Waals surface area contributed by atoms with Crippen LogP contribution in [0.1, 0.15) is 59.6 Å². The van der Waals surface area contributed by atoms with E-state index in [0.717, 1.165) is 42.2 Å². The zero-order chi connectivity index (χ0) is 30.5. The van der Waals surface area contributed by atoms with Gasteiger partial charge in [-0.2, -0.15) is 13.5 Å². The van der Waals surface area contributed by atoms with Crippen LogP contribution in [0.3, 0.4) is 0 Å². The number of nitrogens with zero attached hydrogens (tertiary/aromatic N) is 4. The number of aromatic nitrogens is 4. The molecule has 1 aliphatic heterocycles. The summed E-state index contributed by atoms with van der Waals surface area (Å²) in [7, 11) is -5.54. The van der Waals surface area contributed by atoms with Crippen molar-refractivity contribution in [3.05, 3.63) is 30.6 Å². The topological polar surface area (TPSA) is 124 Å². The van der Waals surface area contributed by atoms with Gasteiger partial charge in [0.2, 0.25) is 14.2 Å². The molecule has 2 aromatic heterocycles. The van der Waals surface area contributed by atoms with E-state index in [1.807, 2.05) is 10.7 Å². The van der Waals surface area contributed by atoms with Crippen molar-refractivity contribution in [2.45, 2.75) is 83.8 Å². The van der Waals surface area contributed by atoms with Crippen molar-refractivity contribution < 1.29 is 31.2 Å². The third-order valence-corrected chi connectivity index (χ3v) is 12.7. The average Bonchev–Trinajstić information content (AvgIpc) is 3.28. The molecule has 1 unspecified atom stereocenters. The van der Waals surface area contributed by atoms with Crippen LogP contribution >= 0.6 is 0 Å². The van der Waals surface area contributed by atoms with Crippen LogP contribution in [0.15, 0.2) is 30.6 Å². The van der Waals surface area contributed by atoms with Gasteiger partial charge < -0.3 is 18.6 Å². The van der Waals surface area contributed by atoms with Crippen molar-refractivity contribution in [2.75, 3.05) is 32.7 Å². The second-order valence-electron chi connectivity index (χ2n) is 12.3. The molecule has 11 nitrogen and oxygen atoms in total. The van der Waals surface area contributed by atoms with Gasteiger partial charge in [0.25, 0.3) is 10.1 Å². The van der Waals surface area contributed by atoms with Gasteiger partial charge in [0.15, 0.2) is 6.23 Å². The SMILES string of the molecule is C[C@@H](CCOCCOc1cncc(-c2nn(C3CCCCO3)c3ccc(O[Si](C)(C)C(C)(C)C)cc23)n1)OS(C)(=O)=O. The molecular weight excluding hydrogens is 576 g/mol. The quantitative estimate of drug-likeness (QED) is 0.133. The molecule has 3 aromatic rings. The number of fused-ring (bicyclic) bond motifs is 1. The smallest absolute Gasteiger partial charge is 0.264 e. The van der Waals surface area contributed by atoms with Gasteiger partial charge in [0.05, 0.1) is 36.9 Å². The van der Waals surface area contributed by atoms with E-state index >= 15 is 0 Å². The second kappa shape index (κ2) is 13.4. The van der Waals surface area contributed by atoms with Crippen molar-refractivity contribution >= 4 is 29.3 Å². The Balaban J connectivity index is 1.51. The van der Waals surface area contributed by atoms with E-state index in [1.54, 1.807) is 19.3 Å².